The van der Waals surface area contributed by atoms with E-state index < -0.39 is 0 Å². The molecule has 33 heavy (non-hydrogen) atoms. The summed E-state index contributed by atoms with van der Waals surface area (Å²) >= 11 is 1.48. The standard InChI is InChI=1S/C25H28N6OS/c1-17-6-5-7-19(14-17)31-22(15-21(30-31)25(2,3)4)28-23(32)29-24-27-16-20(33-24)9-8-18-10-12-26-13-11-18/h5-7,10-16H,8-9H2,1-4H3,(H2,27,28,29,32). The maximum atomic E-state index is 12.8. The van der Waals surface area contributed by atoms with Crippen molar-refractivity contribution < 1.29 is 4.79 Å². The number of benzene rings is 1. The quantitative estimate of drug-likeness (QED) is 0.383. The molecule has 7 nitrogen and oxygen atoms in total. The van der Waals surface area contributed by atoms with Crippen LogP contribution in [0.1, 0.15) is 42.5 Å². The van der Waals surface area contributed by atoms with Crippen molar-refractivity contribution in [3.05, 3.63) is 82.8 Å². The first kappa shape index (κ1) is 22.7. The van der Waals surface area contributed by atoms with E-state index in [4.69, 9.17) is 5.10 Å². The minimum absolute atomic E-state index is 0.152. The number of aromatic nitrogens is 4. The maximum absolute atomic E-state index is 12.8. The fourth-order valence-corrected chi connectivity index (χ4v) is 4.14. The average Bonchev–Trinajstić information content (AvgIpc) is 3.40. The maximum Gasteiger partial charge on any atom is 0.326 e. The van der Waals surface area contributed by atoms with Gasteiger partial charge in [0.2, 0.25) is 0 Å². The van der Waals surface area contributed by atoms with E-state index in [9.17, 15) is 4.79 Å². The molecule has 0 radical (unpaired) electrons. The molecule has 4 aromatic rings. The largest absolute Gasteiger partial charge is 0.326 e. The van der Waals surface area contributed by atoms with Crippen molar-refractivity contribution in [3.8, 4) is 5.69 Å². The van der Waals surface area contributed by atoms with Gasteiger partial charge in [0, 0.05) is 34.9 Å². The van der Waals surface area contributed by atoms with Gasteiger partial charge < -0.3 is 0 Å². The lowest BCUT2D eigenvalue weighted by atomic mass is 9.92. The summed E-state index contributed by atoms with van der Waals surface area (Å²) in [6.07, 6.45) is 7.18. The number of thiazole rings is 1. The predicted molar refractivity (Wildman–Crippen MR) is 133 cm³/mol. The summed E-state index contributed by atoms with van der Waals surface area (Å²) in [5, 5.41) is 11.1. The Balaban J connectivity index is 1.46. The Morgan fingerprint density at radius 1 is 1.06 bits per heavy atom. The average molecular weight is 461 g/mol. The van der Waals surface area contributed by atoms with E-state index in [1.807, 2.05) is 55.6 Å². The van der Waals surface area contributed by atoms with Crippen LogP contribution in [0.25, 0.3) is 5.69 Å². The van der Waals surface area contributed by atoms with Gasteiger partial charge in [-0.25, -0.2) is 14.5 Å². The first-order chi connectivity index (χ1) is 15.8. The second-order valence-electron chi connectivity index (χ2n) is 8.98. The SMILES string of the molecule is Cc1cccc(-n2nc(C(C)(C)C)cc2NC(=O)Nc2ncc(CCc3ccncc3)s2)c1. The highest BCUT2D eigenvalue weighted by atomic mass is 32.1. The number of urea groups is 1. The molecule has 2 amide bonds. The van der Waals surface area contributed by atoms with Gasteiger partial charge in [-0.05, 0) is 55.2 Å². The second-order valence-corrected chi connectivity index (χ2v) is 10.1. The van der Waals surface area contributed by atoms with Gasteiger partial charge in [0.15, 0.2) is 5.13 Å². The number of nitrogens with one attached hydrogen (secondary N) is 2. The van der Waals surface area contributed by atoms with E-state index in [2.05, 4.69) is 41.4 Å². The zero-order chi connectivity index (χ0) is 23.4. The summed E-state index contributed by atoms with van der Waals surface area (Å²) in [6, 6.07) is 13.6. The molecule has 0 saturated carbocycles. The smallest absolute Gasteiger partial charge is 0.292 e. The van der Waals surface area contributed by atoms with Crippen LogP contribution in [0.4, 0.5) is 15.7 Å². The fraction of sp³-hybridized carbons (Fsp3) is 0.280. The molecule has 0 fully saturated rings. The first-order valence-electron chi connectivity index (χ1n) is 10.9. The van der Waals surface area contributed by atoms with Crippen LogP contribution in [0.3, 0.4) is 0 Å². The molecule has 0 aliphatic rings. The lowest BCUT2D eigenvalue weighted by molar-refractivity contribution is 0.262. The number of amides is 2. The second kappa shape index (κ2) is 9.54. The zero-order valence-corrected chi connectivity index (χ0v) is 20.1. The van der Waals surface area contributed by atoms with Crippen molar-refractivity contribution in [2.45, 2.75) is 46.0 Å². The molecule has 0 bridgehead atoms. The van der Waals surface area contributed by atoms with Crippen molar-refractivity contribution in [3.63, 3.8) is 0 Å². The molecular weight excluding hydrogens is 432 g/mol. The van der Waals surface area contributed by atoms with Gasteiger partial charge in [-0.2, -0.15) is 5.10 Å². The molecule has 0 spiro atoms. The van der Waals surface area contributed by atoms with Gasteiger partial charge in [-0.15, -0.1) is 11.3 Å². The normalized spacial score (nSPS) is 11.4. The number of aryl methyl sites for hydroxylation is 3. The van der Waals surface area contributed by atoms with Crippen molar-refractivity contribution >= 4 is 28.3 Å². The minimum Gasteiger partial charge on any atom is -0.292 e. The molecule has 8 heteroatoms. The lowest BCUT2D eigenvalue weighted by Crippen LogP contribution is -2.21. The molecule has 4 rings (SSSR count). The molecule has 3 heterocycles. The number of rotatable bonds is 6. The van der Waals surface area contributed by atoms with Gasteiger partial charge in [-0.1, -0.05) is 32.9 Å². The summed E-state index contributed by atoms with van der Waals surface area (Å²) in [7, 11) is 0. The van der Waals surface area contributed by atoms with Crippen LogP contribution in [0, 0.1) is 6.92 Å². The Labute approximate surface area is 197 Å². The third kappa shape index (κ3) is 5.84. The third-order valence-electron chi connectivity index (χ3n) is 5.15. The van der Waals surface area contributed by atoms with Gasteiger partial charge in [-0.3, -0.25) is 15.6 Å². The van der Waals surface area contributed by atoms with Crippen LogP contribution >= 0.6 is 11.3 Å². The number of pyridine rings is 1. The number of hydrogen-bond acceptors (Lipinski definition) is 5. The molecular formula is C25H28N6OS. The Hall–Kier alpha value is -3.52. The van der Waals surface area contributed by atoms with Crippen molar-refractivity contribution in [2.24, 2.45) is 0 Å². The molecule has 3 aromatic heterocycles. The number of carbonyl (C=O) groups excluding carboxylic acids is 1. The van der Waals surface area contributed by atoms with Crippen molar-refractivity contribution in [1.29, 1.82) is 0 Å². The van der Waals surface area contributed by atoms with Crippen LogP contribution in [0.5, 0.6) is 0 Å². The number of anilines is 2. The molecule has 2 N–H and O–H groups in total. The lowest BCUT2D eigenvalue weighted by Gasteiger charge is -2.14. The van der Waals surface area contributed by atoms with Gasteiger partial charge in [0.05, 0.1) is 11.4 Å². The van der Waals surface area contributed by atoms with Crippen LogP contribution < -0.4 is 10.6 Å². The highest BCUT2D eigenvalue weighted by molar-refractivity contribution is 7.15. The molecule has 0 saturated heterocycles. The van der Waals surface area contributed by atoms with Crippen LogP contribution in [-0.2, 0) is 18.3 Å². The molecule has 0 atom stereocenters. The molecule has 0 unspecified atom stereocenters. The van der Waals surface area contributed by atoms with E-state index in [1.165, 1.54) is 16.9 Å². The third-order valence-corrected chi connectivity index (χ3v) is 6.12. The van der Waals surface area contributed by atoms with E-state index in [-0.39, 0.29) is 11.4 Å². The Bertz CT molecular complexity index is 1240. The zero-order valence-electron chi connectivity index (χ0n) is 19.3. The summed E-state index contributed by atoms with van der Waals surface area (Å²) < 4.78 is 1.77. The number of hydrogen-bond donors (Lipinski definition) is 2. The van der Waals surface area contributed by atoms with Gasteiger partial charge in [0.1, 0.15) is 5.82 Å². The summed E-state index contributed by atoms with van der Waals surface area (Å²) in [4.78, 5) is 22.3. The van der Waals surface area contributed by atoms with E-state index in [1.54, 1.807) is 17.1 Å². The molecule has 170 valence electrons. The van der Waals surface area contributed by atoms with Crippen LogP contribution in [0.15, 0.2) is 61.1 Å². The highest BCUT2D eigenvalue weighted by Crippen LogP contribution is 2.27. The Morgan fingerprint density at radius 3 is 2.58 bits per heavy atom. The van der Waals surface area contributed by atoms with Crippen LogP contribution in [0.2, 0.25) is 0 Å². The Morgan fingerprint density at radius 2 is 1.85 bits per heavy atom. The molecule has 1 aromatic carbocycles. The number of nitrogens with zero attached hydrogens (tertiary/aromatic N) is 4. The molecule has 0 aliphatic carbocycles. The summed E-state index contributed by atoms with van der Waals surface area (Å²) in [5.41, 5.74) is 3.99. The summed E-state index contributed by atoms with van der Waals surface area (Å²) in [5.74, 6) is 0.609. The fourth-order valence-electron chi connectivity index (χ4n) is 3.34. The highest BCUT2D eigenvalue weighted by Gasteiger charge is 2.22. The Kier molecular flexibility index (Phi) is 6.55. The summed E-state index contributed by atoms with van der Waals surface area (Å²) in [6.45, 7) is 8.33. The molecule has 0 aliphatic heterocycles. The van der Waals surface area contributed by atoms with E-state index >= 15 is 0 Å². The van der Waals surface area contributed by atoms with E-state index in [0.717, 1.165) is 34.7 Å². The van der Waals surface area contributed by atoms with E-state index in [0.29, 0.717) is 10.9 Å². The first-order valence-corrected chi connectivity index (χ1v) is 11.7. The van der Waals surface area contributed by atoms with Crippen LogP contribution in [-0.4, -0.2) is 25.8 Å². The van der Waals surface area contributed by atoms with Gasteiger partial charge in [0.25, 0.3) is 0 Å². The minimum atomic E-state index is -0.348. The van der Waals surface area contributed by atoms with Crippen molar-refractivity contribution in [2.75, 3.05) is 10.6 Å². The van der Waals surface area contributed by atoms with Gasteiger partial charge >= 0.3 is 6.03 Å². The van der Waals surface area contributed by atoms with Crippen molar-refractivity contribution in [1.82, 2.24) is 19.7 Å². The topological polar surface area (TPSA) is 84.7 Å². The monoisotopic (exact) mass is 460 g/mol. The predicted octanol–water partition coefficient (Wildman–Crippen LogP) is 5.76. The number of carbonyl (C=O) groups is 1.